The van der Waals surface area contributed by atoms with Crippen molar-refractivity contribution in [3.63, 3.8) is 0 Å². The zero-order valence-corrected chi connectivity index (χ0v) is 10.1. The van der Waals surface area contributed by atoms with Gasteiger partial charge in [-0.1, -0.05) is 0 Å². The molecule has 0 aromatic carbocycles. The van der Waals surface area contributed by atoms with E-state index in [0.717, 1.165) is 0 Å². The quantitative estimate of drug-likeness (QED) is 0.685. The minimum atomic E-state index is 0.117. The van der Waals surface area contributed by atoms with Crippen molar-refractivity contribution >= 4 is 20.9 Å². The molecule has 2 unspecified atom stereocenters. The number of rotatable bonds is 6. The molecule has 0 aliphatic carbocycles. The van der Waals surface area contributed by atoms with Gasteiger partial charge in [-0.15, -0.1) is 0 Å². The summed E-state index contributed by atoms with van der Waals surface area (Å²) in [6.45, 7) is 4.25. The third-order valence-corrected chi connectivity index (χ3v) is 5.53. The van der Waals surface area contributed by atoms with Gasteiger partial charge in [-0.2, -0.15) is 0 Å². The Hall–Kier alpha value is 0.710. The Balaban J connectivity index is 3.13. The van der Waals surface area contributed by atoms with Crippen LogP contribution in [-0.2, 0) is 9.47 Å². The molecule has 0 saturated heterocycles. The average Bonchev–Trinajstić information content (AvgIpc) is 2.04. The van der Waals surface area contributed by atoms with Crippen molar-refractivity contribution in [2.75, 3.05) is 14.2 Å². The summed E-state index contributed by atoms with van der Waals surface area (Å²) in [6, 6.07) is 0. The van der Waals surface area contributed by atoms with Crippen LogP contribution in [0.5, 0.6) is 0 Å². The van der Waals surface area contributed by atoms with Gasteiger partial charge in [0.2, 0.25) is 0 Å². The Kier molecular flexibility index (Phi) is 7.84. The van der Waals surface area contributed by atoms with Crippen molar-refractivity contribution in [3.05, 3.63) is 0 Å². The second kappa shape index (κ2) is 7.36. The molecule has 0 rings (SSSR count). The molecule has 11 heavy (non-hydrogen) atoms. The van der Waals surface area contributed by atoms with E-state index in [0.29, 0.717) is 12.2 Å². The Bertz CT molecular complexity index is 78.2. The van der Waals surface area contributed by atoms with Gasteiger partial charge >= 0.3 is 79.6 Å². The Labute approximate surface area is 79.7 Å². The van der Waals surface area contributed by atoms with E-state index in [1.165, 1.54) is 8.94 Å². The molecule has 3 heteroatoms. The van der Waals surface area contributed by atoms with Crippen LogP contribution in [0.15, 0.2) is 0 Å². The topological polar surface area (TPSA) is 18.5 Å². The molecule has 0 aliphatic heterocycles. The third kappa shape index (κ3) is 7.08. The van der Waals surface area contributed by atoms with Crippen LogP contribution in [0.3, 0.4) is 0 Å². The van der Waals surface area contributed by atoms with Crippen LogP contribution >= 0.6 is 0 Å². The summed E-state index contributed by atoms with van der Waals surface area (Å²) in [5, 5.41) is 0. The van der Waals surface area contributed by atoms with Gasteiger partial charge in [0.25, 0.3) is 0 Å². The van der Waals surface area contributed by atoms with Crippen LogP contribution in [-0.4, -0.2) is 47.4 Å². The first-order chi connectivity index (χ1) is 5.20. The van der Waals surface area contributed by atoms with Gasteiger partial charge in [0.05, 0.1) is 0 Å². The molecule has 0 spiro atoms. The van der Waals surface area contributed by atoms with Crippen LogP contribution in [0.4, 0.5) is 0 Å². The normalized spacial score (nSPS) is 16.4. The van der Waals surface area contributed by atoms with Crippen LogP contribution in [0.2, 0.25) is 8.94 Å². The van der Waals surface area contributed by atoms with Gasteiger partial charge in [-0.05, 0) is 0 Å². The molecule has 0 aliphatic rings. The summed E-state index contributed by atoms with van der Waals surface area (Å²) in [7, 11) is 3.55. The van der Waals surface area contributed by atoms with Gasteiger partial charge in [-0.25, -0.2) is 0 Å². The number of methoxy groups -OCH3 is 2. The van der Waals surface area contributed by atoms with E-state index in [2.05, 4.69) is 13.8 Å². The summed E-state index contributed by atoms with van der Waals surface area (Å²) in [5.74, 6) is 0. The summed E-state index contributed by atoms with van der Waals surface area (Å²) in [4.78, 5) is 0. The fourth-order valence-corrected chi connectivity index (χ4v) is 3.60. The number of hydrogen-bond acceptors (Lipinski definition) is 2. The predicted octanol–water partition coefficient (Wildman–Crippen LogP) is 1.60. The van der Waals surface area contributed by atoms with Crippen LogP contribution in [0.1, 0.15) is 13.8 Å². The van der Waals surface area contributed by atoms with Gasteiger partial charge in [-0.3, -0.25) is 0 Å². The van der Waals surface area contributed by atoms with Crippen molar-refractivity contribution in [3.8, 4) is 0 Å². The second-order valence-corrected chi connectivity index (χ2v) is 5.70. The standard InChI is InChI=1S/C8H18O2Te/c1-7(9-3)5-11-6-8(2)10-4/h7-8H,5-6H2,1-4H3. The Morgan fingerprint density at radius 3 is 1.64 bits per heavy atom. The molecule has 2 nitrogen and oxygen atoms in total. The van der Waals surface area contributed by atoms with Crippen molar-refractivity contribution in [2.45, 2.75) is 35.0 Å². The van der Waals surface area contributed by atoms with Gasteiger partial charge in [0.15, 0.2) is 0 Å². The Morgan fingerprint density at radius 1 is 1.00 bits per heavy atom. The summed E-state index contributed by atoms with van der Waals surface area (Å²) in [5.41, 5.74) is 0. The number of ether oxygens (including phenoxy) is 2. The fourth-order valence-electron chi connectivity index (χ4n) is 0.536. The molecular weight excluding hydrogens is 256 g/mol. The van der Waals surface area contributed by atoms with E-state index in [4.69, 9.17) is 9.47 Å². The van der Waals surface area contributed by atoms with Crippen LogP contribution < -0.4 is 0 Å². The molecule has 0 N–H and O–H groups in total. The molecule has 0 amide bonds. The van der Waals surface area contributed by atoms with Crippen molar-refractivity contribution in [2.24, 2.45) is 0 Å². The molecule has 2 atom stereocenters. The SMILES string of the molecule is COC(C)C[Te]CC(C)OC. The molecule has 0 aromatic rings. The molecule has 0 fully saturated rings. The minimum absolute atomic E-state index is 0.117. The molecular formula is C8H18O2Te. The second-order valence-electron chi connectivity index (χ2n) is 2.63. The van der Waals surface area contributed by atoms with E-state index in [1.807, 2.05) is 0 Å². The number of hydrogen-bond donors (Lipinski definition) is 0. The van der Waals surface area contributed by atoms with Gasteiger partial charge < -0.3 is 0 Å². The molecule has 0 bridgehead atoms. The van der Waals surface area contributed by atoms with E-state index in [-0.39, 0.29) is 20.9 Å². The molecule has 0 radical (unpaired) electrons. The maximum absolute atomic E-state index is 5.16. The van der Waals surface area contributed by atoms with E-state index < -0.39 is 0 Å². The summed E-state index contributed by atoms with van der Waals surface area (Å²) >= 11 is 0.117. The average molecular weight is 274 g/mol. The maximum atomic E-state index is 5.16. The molecule has 0 aromatic heterocycles. The predicted molar refractivity (Wildman–Crippen MR) is 48.3 cm³/mol. The third-order valence-electron chi connectivity index (χ3n) is 1.51. The van der Waals surface area contributed by atoms with Crippen LogP contribution in [0.25, 0.3) is 0 Å². The first kappa shape index (κ1) is 11.7. The van der Waals surface area contributed by atoms with Crippen LogP contribution in [0, 0.1) is 0 Å². The van der Waals surface area contributed by atoms with Gasteiger partial charge in [0.1, 0.15) is 0 Å². The molecule has 0 saturated carbocycles. The zero-order valence-electron chi connectivity index (χ0n) is 7.79. The summed E-state index contributed by atoms with van der Waals surface area (Å²) < 4.78 is 12.8. The van der Waals surface area contributed by atoms with E-state index in [1.54, 1.807) is 14.2 Å². The zero-order chi connectivity index (χ0) is 8.69. The van der Waals surface area contributed by atoms with E-state index >= 15 is 0 Å². The molecule has 68 valence electrons. The van der Waals surface area contributed by atoms with Gasteiger partial charge in [0, 0.05) is 0 Å². The van der Waals surface area contributed by atoms with E-state index in [9.17, 15) is 0 Å². The monoisotopic (exact) mass is 276 g/mol. The van der Waals surface area contributed by atoms with Crippen molar-refractivity contribution in [1.82, 2.24) is 0 Å². The summed E-state index contributed by atoms with van der Waals surface area (Å²) in [6.07, 6.45) is 0.892. The fraction of sp³-hybridized carbons (Fsp3) is 1.00. The van der Waals surface area contributed by atoms with Crippen molar-refractivity contribution in [1.29, 1.82) is 0 Å². The Morgan fingerprint density at radius 2 is 1.36 bits per heavy atom. The van der Waals surface area contributed by atoms with Crippen molar-refractivity contribution < 1.29 is 9.47 Å². The molecule has 0 heterocycles. The first-order valence-electron chi connectivity index (χ1n) is 3.84. The first-order valence-corrected chi connectivity index (χ1v) is 7.13.